The van der Waals surface area contributed by atoms with Crippen LogP contribution in [-0.2, 0) is 9.59 Å². The van der Waals surface area contributed by atoms with E-state index in [2.05, 4.69) is 16.2 Å². The first-order chi connectivity index (χ1) is 14.8. The van der Waals surface area contributed by atoms with Crippen molar-refractivity contribution in [1.29, 1.82) is 0 Å². The number of ether oxygens (including phenoxy) is 1. The Morgan fingerprint density at radius 3 is 2.26 bits per heavy atom. The number of carbonyl (C=O) groups is 3. The van der Waals surface area contributed by atoms with Crippen LogP contribution in [-0.4, -0.2) is 36.3 Å². The fourth-order valence-electron chi connectivity index (χ4n) is 5.93. The topological polar surface area (TPSA) is 140 Å². The third-order valence-electron chi connectivity index (χ3n) is 6.88. The SMILES string of the molecule is COc1ccc(C(=O)NCC(=O)NNC(=O)C23CC4CC(CC(C4)C2)C3)cc1[N+](=O)[O-]. The van der Waals surface area contributed by atoms with Gasteiger partial charge in [-0.3, -0.25) is 35.3 Å². The second-order valence-corrected chi connectivity index (χ2v) is 9.03. The fourth-order valence-corrected chi connectivity index (χ4v) is 5.93. The van der Waals surface area contributed by atoms with Crippen molar-refractivity contribution in [2.24, 2.45) is 23.2 Å². The molecule has 5 rings (SSSR count). The van der Waals surface area contributed by atoms with Gasteiger partial charge in [-0.2, -0.15) is 0 Å². The molecular weight excluding hydrogens is 404 g/mol. The maximum atomic E-state index is 12.8. The van der Waals surface area contributed by atoms with Gasteiger partial charge in [0.15, 0.2) is 5.75 Å². The highest BCUT2D eigenvalue weighted by Gasteiger charge is 2.54. The predicted octanol–water partition coefficient (Wildman–Crippen LogP) is 1.70. The second kappa shape index (κ2) is 8.16. The zero-order chi connectivity index (χ0) is 22.2. The Morgan fingerprint density at radius 1 is 1.10 bits per heavy atom. The number of hydrazine groups is 1. The first kappa shape index (κ1) is 21.1. The van der Waals surface area contributed by atoms with Gasteiger partial charge in [-0.05, 0) is 68.4 Å². The lowest BCUT2D eigenvalue weighted by atomic mass is 9.49. The minimum absolute atomic E-state index is 0.0258. The highest BCUT2D eigenvalue weighted by molar-refractivity contribution is 5.97. The average Bonchev–Trinajstić information content (AvgIpc) is 2.74. The summed E-state index contributed by atoms with van der Waals surface area (Å²) in [6, 6.07) is 3.77. The van der Waals surface area contributed by atoms with Crippen LogP contribution in [0.25, 0.3) is 0 Å². The Morgan fingerprint density at radius 2 is 1.71 bits per heavy atom. The van der Waals surface area contributed by atoms with Gasteiger partial charge in [0.05, 0.1) is 24.0 Å². The van der Waals surface area contributed by atoms with E-state index in [1.54, 1.807) is 0 Å². The van der Waals surface area contributed by atoms with Crippen LogP contribution in [0.2, 0.25) is 0 Å². The molecule has 10 nitrogen and oxygen atoms in total. The Hall–Kier alpha value is -3.17. The van der Waals surface area contributed by atoms with Crippen molar-refractivity contribution in [1.82, 2.24) is 16.2 Å². The maximum Gasteiger partial charge on any atom is 0.311 e. The van der Waals surface area contributed by atoms with Gasteiger partial charge in [-0.1, -0.05) is 0 Å². The van der Waals surface area contributed by atoms with Crippen LogP contribution >= 0.6 is 0 Å². The number of carbonyl (C=O) groups excluding carboxylic acids is 3. The highest BCUT2D eigenvalue weighted by Crippen LogP contribution is 2.60. The van der Waals surface area contributed by atoms with Gasteiger partial charge in [0.1, 0.15) is 0 Å². The van der Waals surface area contributed by atoms with Crippen molar-refractivity contribution in [2.45, 2.75) is 38.5 Å². The van der Waals surface area contributed by atoms with E-state index >= 15 is 0 Å². The largest absolute Gasteiger partial charge is 0.490 e. The Bertz CT molecular complexity index is 895. The number of nitro benzene ring substituents is 1. The summed E-state index contributed by atoms with van der Waals surface area (Å²) in [7, 11) is 1.30. The molecule has 3 N–H and O–H groups in total. The molecule has 4 fully saturated rings. The monoisotopic (exact) mass is 430 g/mol. The minimum Gasteiger partial charge on any atom is -0.490 e. The zero-order valence-corrected chi connectivity index (χ0v) is 17.3. The lowest BCUT2D eigenvalue weighted by molar-refractivity contribution is -0.385. The van der Waals surface area contributed by atoms with E-state index in [-0.39, 0.29) is 34.9 Å². The molecule has 166 valence electrons. The Labute approximate surface area is 179 Å². The molecular formula is C21H26N4O6. The van der Waals surface area contributed by atoms with Gasteiger partial charge in [0, 0.05) is 11.6 Å². The molecule has 4 aliphatic rings. The minimum atomic E-state index is -0.650. The molecule has 4 bridgehead atoms. The lowest BCUT2D eigenvalue weighted by Gasteiger charge is -2.55. The molecule has 1 aromatic rings. The van der Waals surface area contributed by atoms with E-state index in [0.717, 1.165) is 25.3 Å². The molecule has 0 radical (unpaired) electrons. The average molecular weight is 430 g/mol. The van der Waals surface area contributed by atoms with Crippen LogP contribution in [0.15, 0.2) is 18.2 Å². The third-order valence-corrected chi connectivity index (χ3v) is 6.88. The number of rotatable bonds is 6. The standard InChI is InChI=1S/C21H26N4O6/c1-31-17-3-2-15(7-16(17)25(29)30)19(27)22-11-18(26)23-24-20(28)21-8-12-4-13(9-21)6-14(5-12)10-21/h2-3,7,12-14H,4-6,8-11H2,1H3,(H,22,27)(H,23,26)(H,24,28). The summed E-state index contributed by atoms with van der Waals surface area (Å²) in [5, 5.41) is 13.5. The van der Waals surface area contributed by atoms with E-state index in [4.69, 9.17) is 4.74 Å². The number of nitrogens with one attached hydrogen (secondary N) is 3. The van der Waals surface area contributed by atoms with E-state index in [9.17, 15) is 24.5 Å². The van der Waals surface area contributed by atoms with Gasteiger partial charge in [0.2, 0.25) is 5.91 Å². The van der Waals surface area contributed by atoms with Gasteiger partial charge in [-0.15, -0.1) is 0 Å². The van der Waals surface area contributed by atoms with Crippen molar-refractivity contribution in [3.05, 3.63) is 33.9 Å². The number of methoxy groups -OCH3 is 1. The zero-order valence-electron chi connectivity index (χ0n) is 17.3. The quantitative estimate of drug-likeness (QED) is 0.464. The van der Waals surface area contributed by atoms with Crippen molar-refractivity contribution in [2.75, 3.05) is 13.7 Å². The normalized spacial score (nSPS) is 28.0. The summed E-state index contributed by atoms with van der Waals surface area (Å²) in [4.78, 5) is 47.6. The number of hydrogen-bond donors (Lipinski definition) is 3. The van der Waals surface area contributed by atoms with E-state index < -0.39 is 16.7 Å². The van der Waals surface area contributed by atoms with Crippen LogP contribution < -0.4 is 20.9 Å². The summed E-state index contributed by atoms with van der Waals surface area (Å²) in [6.45, 7) is -0.375. The molecule has 3 amide bonds. The summed E-state index contributed by atoms with van der Waals surface area (Å²) in [5.41, 5.74) is 4.23. The van der Waals surface area contributed by atoms with Crippen LogP contribution in [0.3, 0.4) is 0 Å². The van der Waals surface area contributed by atoms with Crippen molar-refractivity contribution in [3.63, 3.8) is 0 Å². The van der Waals surface area contributed by atoms with Crippen LogP contribution in [0.4, 0.5) is 5.69 Å². The number of hydrogen-bond acceptors (Lipinski definition) is 6. The van der Waals surface area contributed by atoms with E-state index in [0.29, 0.717) is 17.8 Å². The molecule has 0 aromatic heterocycles. The third kappa shape index (κ3) is 4.19. The molecule has 0 unspecified atom stereocenters. The highest BCUT2D eigenvalue weighted by atomic mass is 16.6. The molecule has 10 heteroatoms. The first-order valence-electron chi connectivity index (χ1n) is 10.5. The van der Waals surface area contributed by atoms with Gasteiger partial charge >= 0.3 is 5.69 Å². The molecule has 4 saturated carbocycles. The van der Waals surface area contributed by atoms with Crippen molar-refractivity contribution >= 4 is 23.4 Å². The molecule has 1 aromatic carbocycles. The molecule has 0 heterocycles. The lowest BCUT2D eigenvalue weighted by Crippen LogP contribution is -2.57. The van der Waals surface area contributed by atoms with Crippen LogP contribution in [0.1, 0.15) is 48.9 Å². The Balaban J connectivity index is 1.28. The smallest absolute Gasteiger partial charge is 0.311 e. The number of benzene rings is 1. The molecule has 0 spiro atoms. The summed E-state index contributed by atoms with van der Waals surface area (Å²) in [5.74, 6) is 0.508. The van der Waals surface area contributed by atoms with Crippen molar-refractivity contribution in [3.8, 4) is 5.75 Å². The second-order valence-electron chi connectivity index (χ2n) is 9.03. The van der Waals surface area contributed by atoms with Crippen LogP contribution in [0, 0.1) is 33.3 Å². The predicted molar refractivity (Wildman–Crippen MR) is 109 cm³/mol. The molecule has 4 aliphatic carbocycles. The van der Waals surface area contributed by atoms with E-state index in [1.165, 1.54) is 38.5 Å². The van der Waals surface area contributed by atoms with Gasteiger partial charge < -0.3 is 10.1 Å². The first-order valence-corrected chi connectivity index (χ1v) is 10.5. The molecule has 0 atom stereocenters. The summed E-state index contributed by atoms with van der Waals surface area (Å²) >= 11 is 0. The number of amides is 3. The van der Waals surface area contributed by atoms with Crippen LogP contribution in [0.5, 0.6) is 5.75 Å². The van der Waals surface area contributed by atoms with Gasteiger partial charge in [-0.25, -0.2) is 0 Å². The van der Waals surface area contributed by atoms with Gasteiger partial charge in [0.25, 0.3) is 11.8 Å². The number of nitro groups is 1. The Kier molecular flexibility index (Phi) is 5.55. The molecule has 0 aliphatic heterocycles. The van der Waals surface area contributed by atoms with E-state index in [1.807, 2.05) is 0 Å². The van der Waals surface area contributed by atoms with Crippen molar-refractivity contribution < 1.29 is 24.0 Å². The molecule has 31 heavy (non-hydrogen) atoms. The molecule has 0 saturated heterocycles. The fraction of sp³-hybridized carbons (Fsp3) is 0.571. The summed E-state index contributed by atoms with van der Waals surface area (Å²) < 4.78 is 4.90. The summed E-state index contributed by atoms with van der Waals surface area (Å²) in [6.07, 6.45) is 6.30. The maximum absolute atomic E-state index is 12.8. The number of nitrogens with zero attached hydrogens (tertiary/aromatic N) is 1.